The summed E-state index contributed by atoms with van der Waals surface area (Å²) in [5.41, 5.74) is 1.06. The van der Waals surface area contributed by atoms with Crippen LogP contribution >= 0.6 is 39.1 Å². The SMILES string of the molecule is Clc1nc(Cc2ccncc2)nc(Cl)c1Br. The Bertz CT molecular complexity index is 482. The molecule has 0 unspecified atom stereocenters. The molecule has 0 aliphatic rings. The van der Waals surface area contributed by atoms with Gasteiger partial charge in [0.25, 0.3) is 0 Å². The highest BCUT2D eigenvalue weighted by Crippen LogP contribution is 2.27. The molecular formula is C10H6BrCl2N3. The Morgan fingerprint density at radius 1 is 1.06 bits per heavy atom. The Morgan fingerprint density at radius 3 is 2.19 bits per heavy atom. The zero-order valence-corrected chi connectivity index (χ0v) is 11.1. The fraction of sp³-hybridized carbons (Fsp3) is 0.100. The lowest BCUT2D eigenvalue weighted by Gasteiger charge is -2.03. The molecule has 0 aliphatic carbocycles. The Balaban J connectivity index is 2.29. The van der Waals surface area contributed by atoms with E-state index in [1.807, 2.05) is 12.1 Å². The van der Waals surface area contributed by atoms with Crippen LogP contribution in [-0.4, -0.2) is 15.0 Å². The monoisotopic (exact) mass is 317 g/mol. The molecule has 0 fully saturated rings. The summed E-state index contributed by atoms with van der Waals surface area (Å²) in [6, 6.07) is 3.79. The van der Waals surface area contributed by atoms with Crippen molar-refractivity contribution in [3.63, 3.8) is 0 Å². The first kappa shape index (κ1) is 11.8. The highest BCUT2D eigenvalue weighted by Gasteiger charge is 2.09. The highest BCUT2D eigenvalue weighted by atomic mass is 79.9. The molecule has 0 saturated carbocycles. The minimum atomic E-state index is 0.323. The molecule has 2 rings (SSSR count). The van der Waals surface area contributed by atoms with Gasteiger partial charge in [-0.2, -0.15) is 0 Å². The molecule has 0 spiro atoms. The number of hydrogen-bond donors (Lipinski definition) is 0. The van der Waals surface area contributed by atoms with Crippen molar-refractivity contribution < 1.29 is 0 Å². The summed E-state index contributed by atoms with van der Waals surface area (Å²) >= 11 is 15.0. The summed E-state index contributed by atoms with van der Waals surface area (Å²) in [6.07, 6.45) is 4.02. The van der Waals surface area contributed by atoms with Gasteiger partial charge < -0.3 is 0 Å². The van der Waals surface area contributed by atoms with E-state index in [4.69, 9.17) is 23.2 Å². The van der Waals surface area contributed by atoms with E-state index in [0.29, 0.717) is 27.0 Å². The molecule has 0 N–H and O–H groups in total. The van der Waals surface area contributed by atoms with Crippen molar-refractivity contribution in [3.8, 4) is 0 Å². The van der Waals surface area contributed by atoms with Gasteiger partial charge in [-0.1, -0.05) is 23.2 Å². The van der Waals surface area contributed by atoms with Gasteiger partial charge in [0.2, 0.25) is 0 Å². The second kappa shape index (κ2) is 5.08. The first-order valence-corrected chi connectivity index (χ1v) is 5.98. The third-order valence-corrected chi connectivity index (χ3v) is 3.68. The molecule has 16 heavy (non-hydrogen) atoms. The molecule has 0 atom stereocenters. The maximum Gasteiger partial charge on any atom is 0.148 e. The fourth-order valence-corrected chi connectivity index (χ4v) is 1.80. The van der Waals surface area contributed by atoms with Crippen LogP contribution in [0.5, 0.6) is 0 Å². The first-order chi connectivity index (χ1) is 7.66. The number of aromatic nitrogens is 3. The molecule has 0 bridgehead atoms. The highest BCUT2D eigenvalue weighted by molar-refractivity contribution is 9.10. The van der Waals surface area contributed by atoms with Crippen molar-refractivity contribution in [1.29, 1.82) is 0 Å². The normalized spacial score (nSPS) is 10.4. The molecule has 3 nitrogen and oxygen atoms in total. The van der Waals surface area contributed by atoms with Crippen molar-refractivity contribution in [2.75, 3.05) is 0 Å². The summed E-state index contributed by atoms with van der Waals surface area (Å²) < 4.78 is 0.523. The molecule has 0 radical (unpaired) electrons. The Labute approximate surface area is 111 Å². The van der Waals surface area contributed by atoms with Gasteiger partial charge in [0, 0.05) is 18.8 Å². The summed E-state index contributed by atoms with van der Waals surface area (Å²) in [4.78, 5) is 12.2. The van der Waals surface area contributed by atoms with Crippen molar-refractivity contribution >= 4 is 39.1 Å². The van der Waals surface area contributed by atoms with Gasteiger partial charge in [-0.05, 0) is 33.6 Å². The molecule has 2 aromatic rings. The van der Waals surface area contributed by atoms with Crippen LogP contribution < -0.4 is 0 Å². The average molecular weight is 319 g/mol. The van der Waals surface area contributed by atoms with E-state index in [0.717, 1.165) is 5.56 Å². The maximum absolute atomic E-state index is 5.89. The Hall–Kier alpha value is -0.710. The average Bonchev–Trinajstić information content (AvgIpc) is 2.27. The quantitative estimate of drug-likeness (QED) is 0.795. The molecule has 0 saturated heterocycles. The minimum Gasteiger partial charge on any atom is -0.265 e. The fourth-order valence-electron chi connectivity index (χ4n) is 1.20. The molecule has 0 amide bonds. The lowest BCUT2D eigenvalue weighted by molar-refractivity contribution is 0.959. The van der Waals surface area contributed by atoms with Crippen molar-refractivity contribution in [2.24, 2.45) is 0 Å². The molecule has 2 heterocycles. The van der Waals surface area contributed by atoms with E-state index < -0.39 is 0 Å². The largest absolute Gasteiger partial charge is 0.265 e. The van der Waals surface area contributed by atoms with Crippen LogP contribution in [0.15, 0.2) is 29.0 Å². The van der Waals surface area contributed by atoms with Gasteiger partial charge in [-0.15, -0.1) is 0 Å². The summed E-state index contributed by atoms with van der Waals surface area (Å²) in [7, 11) is 0. The maximum atomic E-state index is 5.89. The standard InChI is InChI=1S/C10H6BrCl2N3/c11-8-9(12)15-7(16-10(8)13)5-6-1-3-14-4-2-6/h1-4H,5H2. The summed E-state index contributed by atoms with van der Waals surface area (Å²) in [5.74, 6) is 0.587. The van der Waals surface area contributed by atoms with Crippen LogP contribution in [0.2, 0.25) is 10.3 Å². The van der Waals surface area contributed by atoms with Crippen molar-refractivity contribution in [2.45, 2.75) is 6.42 Å². The van der Waals surface area contributed by atoms with Gasteiger partial charge >= 0.3 is 0 Å². The summed E-state index contributed by atoms with van der Waals surface area (Å²) in [5, 5.41) is 0.646. The van der Waals surface area contributed by atoms with Crippen LogP contribution in [0.4, 0.5) is 0 Å². The van der Waals surface area contributed by atoms with Crippen molar-refractivity contribution in [3.05, 3.63) is 50.7 Å². The van der Waals surface area contributed by atoms with Gasteiger partial charge in [0.05, 0.1) is 4.47 Å². The first-order valence-electron chi connectivity index (χ1n) is 4.43. The second-order valence-corrected chi connectivity index (χ2v) is 4.58. The van der Waals surface area contributed by atoms with Gasteiger partial charge in [-0.25, -0.2) is 9.97 Å². The zero-order valence-electron chi connectivity index (χ0n) is 7.99. The molecule has 0 aromatic carbocycles. The Morgan fingerprint density at radius 2 is 1.62 bits per heavy atom. The number of rotatable bonds is 2. The summed E-state index contributed by atoms with van der Waals surface area (Å²) in [6.45, 7) is 0. The van der Waals surface area contributed by atoms with E-state index in [2.05, 4.69) is 30.9 Å². The topological polar surface area (TPSA) is 38.7 Å². The number of nitrogens with zero attached hydrogens (tertiary/aromatic N) is 3. The number of pyridine rings is 1. The number of hydrogen-bond acceptors (Lipinski definition) is 3. The zero-order chi connectivity index (χ0) is 11.5. The smallest absolute Gasteiger partial charge is 0.148 e. The van der Waals surface area contributed by atoms with Crippen LogP contribution in [0.3, 0.4) is 0 Å². The van der Waals surface area contributed by atoms with Crippen LogP contribution in [0.1, 0.15) is 11.4 Å². The molecule has 6 heteroatoms. The lowest BCUT2D eigenvalue weighted by atomic mass is 10.2. The third-order valence-electron chi connectivity index (χ3n) is 1.93. The van der Waals surface area contributed by atoms with E-state index in [1.165, 1.54) is 0 Å². The third kappa shape index (κ3) is 2.70. The van der Waals surface area contributed by atoms with Crippen LogP contribution in [0.25, 0.3) is 0 Å². The van der Waals surface area contributed by atoms with Crippen LogP contribution in [0, 0.1) is 0 Å². The minimum absolute atomic E-state index is 0.323. The Kier molecular flexibility index (Phi) is 3.74. The molecule has 0 aliphatic heterocycles. The lowest BCUT2D eigenvalue weighted by Crippen LogP contribution is -1.98. The molecule has 2 aromatic heterocycles. The predicted molar refractivity (Wildman–Crippen MR) is 66.8 cm³/mol. The number of halogens is 3. The molecular weight excluding hydrogens is 313 g/mol. The van der Waals surface area contributed by atoms with E-state index in [9.17, 15) is 0 Å². The van der Waals surface area contributed by atoms with E-state index >= 15 is 0 Å². The predicted octanol–water partition coefficient (Wildman–Crippen LogP) is 3.53. The van der Waals surface area contributed by atoms with Gasteiger partial charge in [0.1, 0.15) is 16.1 Å². The van der Waals surface area contributed by atoms with E-state index in [1.54, 1.807) is 12.4 Å². The van der Waals surface area contributed by atoms with Gasteiger partial charge in [0.15, 0.2) is 0 Å². The van der Waals surface area contributed by atoms with Crippen molar-refractivity contribution in [1.82, 2.24) is 15.0 Å². The second-order valence-electron chi connectivity index (χ2n) is 3.07. The van der Waals surface area contributed by atoms with Crippen LogP contribution in [-0.2, 0) is 6.42 Å². The van der Waals surface area contributed by atoms with Gasteiger partial charge in [-0.3, -0.25) is 4.98 Å². The molecule has 82 valence electrons. The van der Waals surface area contributed by atoms with E-state index in [-0.39, 0.29) is 0 Å².